The van der Waals surface area contributed by atoms with E-state index >= 15 is 0 Å². The third-order valence-corrected chi connectivity index (χ3v) is 5.52. The standard InChI is InChI=1S/C24H34O7S/c1-7-26-19-13-17(14-20(27-8-2)23(19)30-11-5)32(25)18-15-21(28-9-3)24(31-12-6)22(16-18)29-10-4/h13-16H,7-12H2,1-6H3. The van der Waals surface area contributed by atoms with E-state index in [1.54, 1.807) is 24.3 Å². The minimum atomic E-state index is -1.56. The van der Waals surface area contributed by atoms with Crippen molar-refractivity contribution >= 4 is 10.8 Å². The van der Waals surface area contributed by atoms with Gasteiger partial charge >= 0.3 is 0 Å². The van der Waals surface area contributed by atoms with Crippen molar-refractivity contribution in [1.29, 1.82) is 0 Å². The molecule has 0 amide bonds. The van der Waals surface area contributed by atoms with Crippen molar-refractivity contribution in [2.24, 2.45) is 0 Å². The van der Waals surface area contributed by atoms with Crippen molar-refractivity contribution in [1.82, 2.24) is 0 Å². The molecule has 0 aromatic heterocycles. The van der Waals surface area contributed by atoms with Crippen LogP contribution in [0.2, 0.25) is 0 Å². The molecule has 0 aliphatic rings. The summed E-state index contributed by atoms with van der Waals surface area (Å²) in [6, 6.07) is 6.91. The van der Waals surface area contributed by atoms with E-state index in [1.807, 2.05) is 41.5 Å². The molecule has 178 valence electrons. The summed E-state index contributed by atoms with van der Waals surface area (Å²) in [6.07, 6.45) is 0. The molecule has 0 saturated heterocycles. The summed E-state index contributed by atoms with van der Waals surface area (Å²) >= 11 is 0. The molecule has 0 saturated carbocycles. The maximum Gasteiger partial charge on any atom is 0.203 e. The highest BCUT2D eigenvalue weighted by Crippen LogP contribution is 2.43. The van der Waals surface area contributed by atoms with E-state index in [9.17, 15) is 4.21 Å². The van der Waals surface area contributed by atoms with Crippen LogP contribution in [0.1, 0.15) is 41.5 Å². The molecule has 0 fully saturated rings. The van der Waals surface area contributed by atoms with E-state index in [4.69, 9.17) is 28.4 Å². The molecule has 32 heavy (non-hydrogen) atoms. The van der Waals surface area contributed by atoms with Crippen molar-refractivity contribution in [2.45, 2.75) is 51.3 Å². The lowest BCUT2D eigenvalue weighted by molar-refractivity contribution is 0.259. The number of ether oxygens (including phenoxy) is 6. The van der Waals surface area contributed by atoms with Crippen LogP contribution >= 0.6 is 0 Å². The molecular weight excluding hydrogens is 432 g/mol. The lowest BCUT2D eigenvalue weighted by Gasteiger charge is -2.18. The quantitative estimate of drug-likeness (QED) is 0.377. The molecule has 0 aliphatic heterocycles. The summed E-state index contributed by atoms with van der Waals surface area (Å²) in [7, 11) is -1.56. The largest absolute Gasteiger partial charge is 0.490 e. The highest BCUT2D eigenvalue weighted by atomic mass is 32.2. The molecule has 7 nitrogen and oxygen atoms in total. The average Bonchev–Trinajstić information content (AvgIpc) is 2.78. The molecule has 0 atom stereocenters. The van der Waals surface area contributed by atoms with E-state index in [0.717, 1.165) is 0 Å². The first-order valence-electron chi connectivity index (χ1n) is 11.1. The normalized spacial score (nSPS) is 10.7. The molecule has 0 spiro atoms. The van der Waals surface area contributed by atoms with Crippen molar-refractivity contribution in [3.63, 3.8) is 0 Å². The number of hydrogen-bond donors (Lipinski definition) is 0. The summed E-state index contributed by atoms with van der Waals surface area (Å²) in [4.78, 5) is 1.05. The molecule has 0 aliphatic carbocycles. The average molecular weight is 467 g/mol. The lowest BCUT2D eigenvalue weighted by atomic mass is 10.3. The van der Waals surface area contributed by atoms with Crippen LogP contribution in [0.3, 0.4) is 0 Å². The maximum absolute atomic E-state index is 13.6. The lowest BCUT2D eigenvalue weighted by Crippen LogP contribution is -2.06. The van der Waals surface area contributed by atoms with Gasteiger partial charge in [0.25, 0.3) is 0 Å². The summed E-state index contributed by atoms with van der Waals surface area (Å²) in [5, 5.41) is 0. The van der Waals surface area contributed by atoms with Gasteiger partial charge in [-0.05, 0) is 41.5 Å². The predicted molar refractivity (Wildman–Crippen MR) is 125 cm³/mol. The second-order valence-corrected chi connectivity index (χ2v) is 7.84. The summed E-state index contributed by atoms with van der Waals surface area (Å²) < 4.78 is 48.2. The Kier molecular flexibility index (Phi) is 10.5. The van der Waals surface area contributed by atoms with Crippen LogP contribution in [0.25, 0.3) is 0 Å². The Balaban J connectivity index is 2.61. The zero-order valence-electron chi connectivity index (χ0n) is 19.8. The zero-order chi connectivity index (χ0) is 23.5. The minimum absolute atomic E-state index is 0.438. The maximum atomic E-state index is 13.6. The van der Waals surface area contributed by atoms with Crippen molar-refractivity contribution in [3.05, 3.63) is 24.3 Å². The monoisotopic (exact) mass is 466 g/mol. The van der Waals surface area contributed by atoms with E-state index in [0.29, 0.717) is 83.9 Å². The second kappa shape index (κ2) is 13.1. The van der Waals surface area contributed by atoms with Crippen LogP contribution < -0.4 is 28.4 Å². The molecule has 8 heteroatoms. The Morgan fingerprint density at radius 1 is 0.500 bits per heavy atom. The van der Waals surface area contributed by atoms with Gasteiger partial charge in [0.1, 0.15) is 0 Å². The van der Waals surface area contributed by atoms with E-state index < -0.39 is 10.8 Å². The summed E-state index contributed by atoms with van der Waals surface area (Å²) in [6.45, 7) is 14.0. The van der Waals surface area contributed by atoms with Crippen LogP contribution in [0.5, 0.6) is 34.5 Å². The highest BCUT2D eigenvalue weighted by Gasteiger charge is 2.22. The molecule has 0 heterocycles. The molecule has 0 N–H and O–H groups in total. The van der Waals surface area contributed by atoms with Gasteiger partial charge < -0.3 is 28.4 Å². The summed E-state index contributed by atoms with van der Waals surface area (Å²) in [5.41, 5.74) is 0. The molecular formula is C24H34O7S. The van der Waals surface area contributed by atoms with Crippen molar-refractivity contribution in [3.8, 4) is 34.5 Å². The number of benzene rings is 2. The molecule has 2 rings (SSSR count). The Morgan fingerprint density at radius 2 is 0.750 bits per heavy atom. The van der Waals surface area contributed by atoms with Crippen molar-refractivity contribution in [2.75, 3.05) is 39.6 Å². The topological polar surface area (TPSA) is 72.5 Å². The van der Waals surface area contributed by atoms with Gasteiger partial charge in [-0.3, -0.25) is 0 Å². The Labute approximate surface area is 193 Å². The van der Waals surface area contributed by atoms with Crippen LogP contribution in [0.4, 0.5) is 0 Å². The molecule has 0 unspecified atom stereocenters. The fourth-order valence-corrected chi connectivity index (χ4v) is 4.21. The Morgan fingerprint density at radius 3 is 0.969 bits per heavy atom. The molecule has 0 bridgehead atoms. The first-order chi connectivity index (χ1) is 15.5. The SMILES string of the molecule is CCOc1cc(S(=O)c2cc(OCC)c(OCC)c(OCC)c2)cc(OCC)c1OCC. The predicted octanol–water partition coefficient (Wildman–Crippen LogP) is 5.25. The number of rotatable bonds is 14. The van der Waals surface area contributed by atoms with Crippen LogP contribution in [0, 0.1) is 0 Å². The van der Waals surface area contributed by atoms with E-state index in [1.165, 1.54) is 0 Å². The van der Waals surface area contributed by atoms with Crippen LogP contribution in [-0.2, 0) is 10.8 Å². The zero-order valence-corrected chi connectivity index (χ0v) is 20.6. The number of hydrogen-bond acceptors (Lipinski definition) is 7. The van der Waals surface area contributed by atoms with Gasteiger partial charge in [-0.15, -0.1) is 0 Å². The first kappa shape index (κ1) is 25.6. The first-order valence-corrected chi connectivity index (χ1v) is 12.2. The second-order valence-electron chi connectivity index (χ2n) is 6.36. The molecule has 2 aromatic carbocycles. The summed E-state index contributed by atoms with van der Waals surface area (Å²) in [5.74, 6) is 2.98. The van der Waals surface area contributed by atoms with Crippen LogP contribution in [-0.4, -0.2) is 43.9 Å². The van der Waals surface area contributed by atoms with Gasteiger partial charge in [-0.2, -0.15) is 0 Å². The van der Waals surface area contributed by atoms with Gasteiger partial charge in [0.15, 0.2) is 23.0 Å². The van der Waals surface area contributed by atoms with Gasteiger partial charge in [-0.1, -0.05) is 0 Å². The van der Waals surface area contributed by atoms with Gasteiger partial charge in [0, 0.05) is 24.3 Å². The van der Waals surface area contributed by atoms with Crippen LogP contribution in [0.15, 0.2) is 34.1 Å². The van der Waals surface area contributed by atoms with Gasteiger partial charge in [0.05, 0.1) is 60.2 Å². The minimum Gasteiger partial charge on any atom is -0.490 e. The van der Waals surface area contributed by atoms with Crippen molar-refractivity contribution < 1.29 is 32.6 Å². The Bertz CT molecular complexity index is 772. The highest BCUT2D eigenvalue weighted by molar-refractivity contribution is 7.85. The van der Waals surface area contributed by atoms with E-state index in [2.05, 4.69) is 0 Å². The molecule has 0 radical (unpaired) electrons. The third kappa shape index (κ3) is 6.22. The molecule has 2 aromatic rings. The smallest absolute Gasteiger partial charge is 0.203 e. The van der Waals surface area contributed by atoms with Gasteiger partial charge in [-0.25, -0.2) is 4.21 Å². The fraction of sp³-hybridized carbons (Fsp3) is 0.500. The third-order valence-electron chi connectivity index (χ3n) is 4.19. The van der Waals surface area contributed by atoms with Gasteiger partial charge in [0.2, 0.25) is 11.5 Å². The Hall–Kier alpha value is -2.61. The fourth-order valence-electron chi connectivity index (χ4n) is 3.08. The van der Waals surface area contributed by atoms with E-state index in [-0.39, 0.29) is 0 Å².